The number of nitrogens with one attached hydrogen (secondary N) is 2. The zero-order chi connectivity index (χ0) is 43.5. The molecule has 2 N–H and O–H groups in total. The van der Waals surface area contributed by atoms with Crippen LogP contribution in [0.5, 0.6) is 11.5 Å². The Balaban J connectivity index is 0.000000896. The maximum atomic E-state index is 13.4. The van der Waals surface area contributed by atoms with E-state index in [9.17, 15) is 23.5 Å². The van der Waals surface area contributed by atoms with Gasteiger partial charge in [-0.1, -0.05) is 45.0 Å². The van der Waals surface area contributed by atoms with Crippen LogP contribution in [0.4, 0.5) is 11.8 Å². The van der Waals surface area contributed by atoms with Crippen LogP contribution in [0.3, 0.4) is 0 Å². The summed E-state index contributed by atoms with van der Waals surface area (Å²) in [4.78, 5) is 44.3. The molecule has 2 aromatic heterocycles. The van der Waals surface area contributed by atoms with E-state index >= 15 is 0 Å². The lowest BCUT2D eigenvalue weighted by molar-refractivity contribution is -0.198. The second kappa shape index (κ2) is 20.7. The number of amides is 2. The van der Waals surface area contributed by atoms with Gasteiger partial charge in [0.1, 0.15) is 29.8 Å². The third kappa shape index (κ3) is 11.2. The number of para-hydroxylation sites is 2. The van der Waals surface area contributed by atoms with E-state index in [0.717, 1.165) is 0 Å². The summed E-state index contributed by atoms with van der Waals surface area (Å²) in [5, 5.41) is 6.19. The molecule has 0 bridgehead atoms. The fourth-order valence-corrected chi connectivity index (χ4v) is 6.99. The number of imidazole rings is 1. The number of carbonyl (C=O) groups excluding carboxylic acids is 2. The number of nitrogens with zero attached hydrogens (tertiary/aromatic N) is 8. The van der Waals surface area contributed by atoms with Crippen molar-refractivity contribution in [3.8, 4) is 11.5 Å². The Bertz CT molecular complexity index is 2260. The molecule has 0 saturated carbocycles. The molecule has 23 heteroatoms. The first-order valence-corrected chi connectivity index (χ1v) is 20.2. The summed E-state index contributed by atoms with van der Waals surface area (Å²) < 4.78 is 73.5. The summed E-state index contributed by atoms with van der Waals surface area (Å²) >= 11 is 0. The van der Waals surface area contributed by atoms with Gasteiger partial charge in [-0.15, -0.1) is 0 Å². The standard InChI is InChI=1S/C31H33N9O12S.C6H15N/c1-31(2)51-23-21(13-49-53(43,44)38-28(42)18-10-6-8-12-20(18)48-16-46-4)50-29(24(23)52-31)40-14-33-22-25(35-30(37-39-32)36-26(22)40)34-27(41)17-9-5-7-11-19(17)47-15-45-3;1-4-7(5-2)6-3/h5-12,14,21,23-24,29H,13,15-16H2,1-4H3,(H,38,42)(H,34,35,36,41);4-6H2,1-3H3/t21-,23-,24-,29-;/m1./s1. The van der Waals surface area contributed by atoms with E-state index in [0.29, 0.717) is 0 Å². The van der Waals surface area contributed by atoms with E-state index in [1.54, 1.807) is 38.1 Å². The molecule has 2 saturated heterocycles. The van der Waals surface area contributed by atoms with Gasteiger partial charge in [-0.05, 0) is 68.4 Å². The smallest absolute Gasteiger partial charge is 0.362 e. The number of anilines is 1. The lowest BCUT2D eigenvalue weighted by Crippen LogP contribution is -2.37. The Morgan fingerprint density at radius 3 is 2.07 bits per heavy atom. The van der Waals surface area contributed by atoms with E-state index in [-0.39, 0.29) is 59.1 Å². The molecular weight excluding hydrogens is 809 g/mol. The summed E-state index contributed by atoms with van der Waals surface area (Å²) in [6.07, 6.45) is -2.51. The average molecular weight is 857 g/mol. The quantitative estimate of drug-likeness (QED) is 0.0606. The summed E-state index contributed by atoms with van der Waals surface area (Å²) in [5.41, 5.74) is 9.41. The summed E-state index contributed by atoms with van der Waals surface area (Å²) in [5.74, 6) is -2.88. The lowest BCUT2D eigenvalue weighted by atomic mass is 10.1. The minimum Gasteiger partial charge on any atom is -0.467 e. The molecule has 2 aromatic carbocycles. The Morgan fingerprint density at radius 1 is 0.917 bits per heavy atom. The minimum atomic E-state index is -4.68. The molecule has 0 aliphatic carbocycles. The highest BCUT2D eigenvalue weighted by Gasteiger charge is 2.56. The summed E-state index contributed by atoms with van der Waals surface area (Å²) in [7, 11) is -1.85. The number of ether oxygens (including phenoxy) is 7. The second-order valence-electron chi connectivity index (χ2n) is 13.4. The Hall–Kier alpha value is -5.49. The molecule has 6 rings (SSSR count). The van der Waals surface area contributed by atoms with Gasteiger partial charge in [-0.25, -0.2) is 19.7 Å². The Morgan fingerprint density at radius 2 is 1.50 bits per heavy atom. The molecule has 0 radical (unpaired) electrons. The molecule has 2 fully saturated rings. The zero-order valence-electron chi connectivity index (χ0n) is 34.1. The third-order valence-electron chi connectivity index (χ3n) is 9.05. The normalized spacial score (nSPS) is 19.2. The van der Waals surface area contributed by atoms with Crippen LogP contribution in [-0.2, 0) is 38.2 Å². The van der Waals surface area contributed by atoms with Gasteiger partial charge in [0.25, 0.3) is 11.8 Å². The first kappa shape index (κ1) is 45.6. The minimum absolute atomic E-state index is 0.0643. The SMILES string of the molecule is CCN(CC)CC.COCOc1ccccc1C(=O)Nc1nc(N=[N+]=[N-])nc2c1ncn2[C@@H]1O[C@H](COS(=O)(=O)NC(=O)c2ccccc2OCOC)[C@H]2OC(C)(C)O[C@H]21. The van der Waals surface area contributed by atoms with Gasteiger partial charge in [-0.3, -0.25) is 18.3 Å². The van der Waals surface area contributed by atoms with Gasteiger partial charge >= 0.3 is 10.3 Å². The number of aromatic nitrogens is 4. The topological polar surface area (TPSA) is 262 Å². The highest BCUT2D eigenvalue weighted by Crippen LogP contribution is 2.44. The highest BCUT2D eigenvalue weighted by atomic mass is 32.2. The summed E-state index contributed by atoms with van der Waals surface area (Å²) in [6.45, 7) is 12.6. The Labute approximate surface area is 346 Å². The maximum Gasteiger partial charge on any atom is 0.362 e. The number of benzene rings is 2. The van der Waals surface area contributed by atoms with Crippen molar-refractivity contribution in [1.82, 2.24) is 29.1 Å². The zero-order valence-corrected chi connectivity index (χ0v) is 34.9. The first-order valence-electron chi connectivity index (χ1n) is 18.8. The number of hydrogen-bond acceptors (Lipinski definition) is 17. The third-order valence-corrected chi connectivity index (χ3v) is 9.93. The van der Waals surface area contributed by atoms with Gasteiger partial charge in [0.2, 0.25) is 5.95 Å². The van der Waals surface area contributed by atoms with E-state index in [2.05, 4.69) is 56.0 Å². The lowest BCUT2D eigenvalue weighted by Gasteiger charge is -2.24. The van der Waals surface area contributed by atoms with E-state index in [4.69, 9.17) is 37.3 Å². The number of azide groups is 1. The van der Waals surface area contributed by atoms with Gasteiger partial charge in [0.15, 0.2) is 42.6 Å². The Kier molecular flexibility index (Phi) is 15.7. The fraction of sp³-hybridized carbons (Fsp3) is 0.486. The molecule has 4 heterocycles. The van der Waals surface area contributed by atoms with E-state index < -0.39 is 59.1 Å². The number of rotatable bonds is 18. The van der Waals surface area contributed by atoms with Crippen molar-refractivity contribution in [2.75, 3.05) is 59.4 Å². The van der Waals surface area contributed by atoms with Crippen LogP contribution in [0.15, 0.2) is 60.0 Å². The number of methoxy groups -OCH3 is 2. The molecule has 22 nitrogen and oxygen atoms in total. The van der Waals surface area contributed by atoms with Gasteiger partial charge in [0, 0.05) is 19.1 Å². The highest BCUT2D eigenvalue weighted by molar-refractivity contribution is 7.85. The molecule has 0 unspecified atom stereocenters. The molecule has 60 heavy (non-hydrogen) atoms. The van der Waals surface area contributed by atoms with Crippen molar-refractivity contribution in [1.29, 1.82) is 0 Å². The van der Waals surface area contributed by atoms with Crippen LogP contribution in [0.2, 0.25) is 0 Å². The molecule has 4 aromatic rings. The molecule has 2 aliphatic rings. The van der Waals surface area contributed by atoms with Crippen LogP contribution < -0.4 is 19.5 Å². The van der Waals surface area contributed by atoms with Crippen molar-refractivity contribution < 1.29 is 55.3 Å². The maximum absolute atomic E-state index is 13.4. The van der Waals surface area contributed by atoms with Crippen molar-refractivity contribution in [2.45, 2.75) is 64.9 Å². The number of fused-ring (bicyclic) bond motifs is 2. The first-order chi connectivity index (χ1) is 28.8. The molecule has 4 atom stereocenters. The van der Waals surface area contributed by atoms with Gasteiger partial charge in [-0.2, -0.15) is 8.42 Å². The van der Waals surface area contributed by atoms with Crippen LogP contribution >= 0.6 is 0 Å². The second-order valence-corrected chi connectivity index (χ2v) is 14.7. The van der Waals surface area contributed by atoms with Crippen molar-refractivity contribution >= 4 is 45.0 Å². The van der Waals surface area contributed by atoms with Crippen LogP contribution in [0.25, 0.3) is 21.6 Å². The molecular formula is C37H48N10O12S. The van der Waals surface area contributed by atoms with Crippen molar-refractivity contribution in [3.63, 3.8) is 0 Å². The van der Waals surface area contributed by atoms with E-state index in [1.807, 2.05) is 4.72 Å². The largest absolute Gasteiger partial charge is 0.467 e. The predicted molar refractivity (Wildman–Crippen MR) is 214 cm³/mol. The molecule has 2 aliphatic heterocycles. The van der Waals surface area contributed by atoms with Crippen LogP contribution in [0.1, 0.15) is 61.6 Å². The van der Waals surface area contributed by atoms with Gasteiger partial charge < -0.3 is 43.4 Å². The molecule has 0 spiro atoms. The fourth-order valence-electron chi connectivity index (χ4n) is 6.29. The average Bonchev–Trinajstić information content (AvgIpc) is 3.90. The number of carbonyl (C=O) groups is 2. The van der Waals surface area contributed by atoms with Crippen LogP contribution in [-0.4, -0.2) is 123 Å². The van der Waals surface area contributed by atoms with E-state index in [1.165, 1.54) is 69.0 Å². The monoisotopic (exact) mass is 856 g/mol. The molecule has 2 amide bonds. The molecule has 324 valence electrons. The van der Waals surface area contributed by atoms with Crippen LogP contribution in [0, 0.1) is 0 Å². The summed E-state index contributed by atoms with van der Waals surface area (Å²) in [6, 6.07) is 12.4. The predicted octanol–water partition coefficient (Wildman–Crippen LogP) is 4.44. The van der Waals surface area contributed by atoms with Crippen molar-refractivity contribution in [2.24, 2.45) is 5.11 Å². The van der Waals surface area contributed by atoms with Gasteiger partial charge in [0.05, 0.1) is 24.1 Å². The van der Waals surface area contributed by atoms with Crippen molar-refractivity contribution in [3.05, 3.63) is 76.4 Å². The number of hydrogen-bond donors (Lipinski definition) is 2.